The zero-order valence-electron chi connectivity index (χ0n) is 9.02. The Morgan fingerprint density at radius 3 is 2.69 bits per heavy atom. The molecule has 1 aromatic carbocycles. The molecule has 0 fully saturated rings. The monoisotopic (exact) mass is 217 g/mol. The third kappa shape index (κ3) is 1.67. The molecule has 0 atom stereocenters. The summed E-state index contributed by atoms with van der Waals surface area (Å²) in [6.45, 7) is 3.56. The third-order valence-electron chi connectivity index (χ3n) is 2.29. The normalized spacial score (nSPS) is 10.4. The van der Waals surface area contributed by atoms with E-state index in [1.807, 2.05) is 13.0 Å². The molecule has 0 spiro atoms. The maximum atomic E-state index is 11.3. The van der Waals surface area contributed by atoms with Crippen LogP contribution in [0.3, 0.4) is 0 Å². The fourth-order valence-electron chi connectivity index (χ4n) is 1.57. The van der Waals surface area contributed by atoms with Gasteiger partial charge in [-0.05, 0) is 18.6 Å². The predicted molar refractivity (Wildman–Crippen MR) is 57.7 cm³/mol. The Bertz CT molecular complexity index is 546. The van der Waals surface area contributed by atoms with E-state index in [1.165, 1.54) is 0 Å². The van der Waals surface area contributed by atoms with E-state index in [9.17, 15) is 4.79 Å². The zero-order chi connectivity index (χ0) is 11.7. The highest BCUT2D eigenvalue weighted by Gasteiger charge is 2.16. The second-order valence-corrected chi connectivity index (χ2v) is 3.50. The van der Waals surface area contributed by atoms with Gasteiger partial charge < -0.3 is 10.3 Å². The van der Waals surface area contributed by atoms with Gasteiger partial charge in [0.05, 0.1) is 5.56 Å². The number of carbonyl (C=O) groups excluding carboxylic acids is 1. The minimum Gasteiger partial charge on any atom is -0.366 e. The van der Waals surface area contributed by atoms with Crippen molar-refractivity contribution in [1.82, 2.24) is 10.1 Å². The smallest absolute Gasteiger partial charge is 0.249 e. The van der Waals surface area contributed by atoms with Crippen molar-refractivity contribution in [3.8, 4) is 11.4 Å². The van der Waals surface area contributed by atoms with Crippen LogP contribution in [0.2, 0.25) is 0 Å². The lowest BCUT2D eigenvalue weighted by molar-refractivity contribution is 0.100. The van der Waals surface area contributed by atoms with Crippen LogP contribution in [-0.2, 0) is 0 Å². The highest BCUT2D eigenvalue weighted by Crippen LogP contribution is 2.24. The number of hydrogen-bond donors (Lipinski definition) is 1. The fraction of sp³-hybridized carbons (Fsp3) is 0.182. The van der Waals surface area contributed by atoms with Crippen LogP contribution < -0.4 is 5.73 Å². The molecule has 0 unspecified atom stereocenters. The number of nitrogens with two attached hydrogens (primary N) is 1. The van der Waals surface area contributed by atoms with Crippen LogP contribution in [0.15, 0.2) is 22.7 Å². The molecule has 2 rings (SSSR count). The summed E-state index contributed by atoms with van der Waals surface area (Å²) in [6, 6.07) is 5.29. The standard InChI is InChI=1S/C11H11N3O2/c1-6-4-3-5-8(10(12)15)9(6)11-13-7(2)16-14-11/h3-5H,1-2H3,(H2,12,15). The van der Waals surface area contributed by atoms with E-state index in [0.717, 1.165) is 5.56 Å². The number of aromatic nitrogens is 2. The molecule has 0 radical (unpaired) electrons. The van der Waals surface area contributed by atoms with Crippen molar-refractivity contribution in [2.45, 2.75) is 13.8 Å². The Kier molecular flexibility index (Phi) is 2.44. The topological polar surface area (TPSA) is 82.0 Å². The first kappa shape index (κ1) is 10.4. The molecule has 5 heteroatoms. The maximum Gasteiger partial charge on any atom is 0.249 e. The van der Waals surface area contributed by atoms with Gasteiger partial charge >= 0.3 is 0 Å². The molecule has 82 valence electrons. The van der Waals surface area contributed by atoms with Crippen molar-refractivity contribution in [1.29, 1.82) is 0 Å². The lowest BCUT2D eigenvalue weighted by Crippen LogP contribution is -2.13. The second kappa shape index (κ2) is 3.77. The zero-order valence-corrected chi connectivity index (χ0v) is 9.02. The molecule has 0 aliphatic heterocycles. The second-order valence-electron chi connectivity index (χ2n) is 3.50. The van der Waals surface area contributed by atoms with E-state index in [0.29, 0.717) is 22.8 Å². The molecule has 0 aliphatic carbocycles. The summed E-state index contributed by atoms with van der Waals surface area (Å²) >= 11 is 0. The Hall–Kier alpha value is -2.17. The molecule has 0 aliphatic rings. The van der Waals surface area contributed by atoms with E-state index in [2.05, 4.69) is 10.1 Å². The number of carbonyl (C=O) groups is 1. The number of rotatable bonds is 2. The minimum atomic E-state index is -0.499. The van der Waals surface area contributed by atoms with E-state index in [-0.39, 0.29) is 0 Å². The summed E-state index contributed by atoms with van der Waals surface area (Å²) in [5.41, 5.74) is 7.22. The van der Waals surface area contributed by atoms with Gasteiger partial charge in [-0.15, -0.1) is 0 Å². The van der Waals surface area contributed by atoms with E-state index in [4.69, 9.17) is 10.3 Å². The van der Waals surface area contributed by atoms with Gasteiger partial charge in [-0.1, -0.05) is 17.3 Å². The average Bonchev–Trinajstić information content (AvgIpc) is 2.64. The Balaban J connectivity index is 2.67. The highest BCUT2D eigenvalue weighted by molar-refractivity contribution is 5.99. The molecule has 0 saturated carbocycles. The molecular weight excluding hydrogens is 206 g/mol. The molecule has 1 heterocycles. The van der Waals surface area contributed by atoms with E-state index < -0.39 is 5.91 Å². The van der Waals surface area contributed by atoms with Crippen molar-refractivity contribution in [3.63, 3.8) is 0 Å². The van der Waals surface area contributed by atoms with Crippen molar-refractivity contribution in [2.75, 3.05) is 0 Å². The molecule has 2 aromatic rings. The van der Waals surface area contributed by atoms with Gasteiger partial charge in [0.2, 0.25) is 17.6 Å². The summed E-state index contributed by atoms with van der Waals surface area (Å²) in [4.78, 5) is 15.4. The Morgan fingerprint density at radius 1 is 1.38 bits per heavy atom. The number of aryl methyl sites for hydroxylation is 2. The molecule has 5 nitrogen and oxygen atoms in total. The number of nitrogens with zero attached hydrogens (tertiary/aromatic N) is 2. The van der Waals surface area contributed by atoms with Crippen LogP contribution in [0, 0.1) is 13.8 Å². The van der Waals surface area contributed by atoms with Crippen LogP contribution in [-0.4, -0.2) is 16.0 Å². The molecular formula is C11H11N3O2. The number of amides is 1. The lowest BCUT2D eigenvalue weighted by atomic mass is 10.0. The summed E-state index contributed by atoms with van der Waals surface area (Å²) in [5, 5.41) is 3.80. The van der Waals surface area contributed by atoms with Gasteiger partial charge in [-0.25, -0.2) is 0 Å². The van der Waals surface area contributed by atoms with Crippen LogP contribution >= 0.6 is 0 Å². The molecule has 1 amide bonds. The van der Waals surface area contributed by atoms with Gasteiger partial charge in [0.25, 0.3) is 0 Å². The lowest BCUT2D eigenvalue weighted by Gasteiger charge is -2.05. The van der Waals surface area contributed by atoms with Gasteiger partial charge in [-0.2, -0.15) is 4.98 Å². The molecule has 1 aromatic heterocycles. The van der Waals surface area contributed by atoms with Crippen LogP contribution in [0.25, 0.3) is 11.4 Å². The van der Waals surface area contributed by atoms with Crippen LogP contribution in [0.5, 0.6) is 0 Å². The first-order chi connectivity index (χ1) is 7.59. The van der Waals surface area contributed by atoms with Gasteiger partial charge in [-0.3, -0.25) is 4.79 Å². The quantitative estimate of drug-likeness (QED) is 0.825. The molecule has 0 saturated heterocycles. The van der Waals surface area contributed by atoms with E-state index >= 15 is 0 Å². The van der Waals surface area contributed by atoms with Gasteiger partial charge in [0, 0.05) is 12.5 Å². The molecule has 16 heavy (non-hydrogen) atoms. The molecule has 2 N–H and O–H groups in total. The van der Waals surface area contributed by atoms with Gasteiger partial charge in [0.15, 0.2) is 0 Å². The highest BCUT2D eigenvalue weighted by atomic mass is 16.5. The molecule has 0 bridgehead atoms. The fourth-order valence-corrected chi connectivity index (χ4v) is 1.57. The number of primary amides is 1. The van der Waals surface area contributed by atoms with Crippen LogP contribution in [0.4, 0.5) is 0 Å². The summed E-state index contributed by atoms with van der Waals surface area (Å²) in [7, 11) is 0. The Labute approximate surface area is 92.3 Å². The van der Waals surface area contributed by atoms with Crippen molar-refractivity contribution in [2.24, 2.45) is 5.73 Å². The number of benzene rings is 1. The average molecular weight is 217 g/mol. The van der Waals surface area contributed by atoms with Crippen LogP contribution in [0.1, 0.15) is 21.8 Å². The first-order valence-electron chi connectivity index (χ1n) is 4.79. The van der Waals surface area contributed by atoms with Crippen molar-refractivity contribution in [3.05, 3.63) is 35.2 Å². The predicted octanol–water partition coefficient (Wildman–Crippen LogP) is 1.45. The summed E-state index contributed by atoms with van der Waals surface area (Å²) in [5.74, 6) is 0.347. The first-order valence-corrected chi connectivity index (χ1v) is 4.79. The minimum absolute atomic E-state index is 0.393. The maximum absolute atomic E-state index is 11.3. The van der Waals surface area contributed by atoms with Crippen molar-refractivity contribution >= 4 is 5.91 Å². The largest absolute Gasteiger partial charge is 0.366 e. The summed E-state index contributed by atoms with van der Waals surface area (Å²) < 4.78 is 4.90. The third-order valence-corrected chi connectivity index (χ3v) is 2.29. The van der Waals surface area contributed by atoms with Crippen molar-refractivity contribution < 1.29 is 9.32 Å². The van der Waals surface area contributed by atoms with E-state index in [1.54, 1.807) is 19.1 Å². The SMILES string of the molecule is Cc1nc(-c2c(C)cccc2C(N)=O)no1. The van der Waals surface area contributed by atoms with Gasteiger partial charge in [0.1, 0.15) is 0 Å². The Morgan fingerprint density at radius 2 is 2.12 bits per heavy atom. The summed E-state index contributed by atoms with van der Waals surface area (Å²) in [6.07, 6.45) is 0. The number of hydrogen-bond acceptors (Lipinski definition) is 4.